The van der Waals surface area contributed by atoms with Crippen molar-refractivity contribution in [3.63, 3.8) is 0 Å². The van der Waals surface area contributed by atoms with Crippen molar-refractivity contribution < 1.29 is 9.53 Å². The van der Waals surface area contributed by atoms with E-state index in [4.69, 9.17) is 4.74 Å². The third-order valence-corrected chi connectivity index (χ3v) is 5.71. The molecule has 0 heterocycles. The van der Waals surface area contributed by atoms with Crippen LogP contribution in [0.25, 0.3) is 0 Å². The molecule has 0 aromatic heterocycles. The molecule has 0 aliphatic heterocycles. The zero-order valence-electron chi connectivity index (χ0n) is 16.2. The summed E-state index contributed by atoms with van der Waals surface area (Å²) in [6, 6.07) is 0. The van der Waals surface area contributed by atoms with Crippen LogP contribution in [0.4, 0.5) is 0 Å². The van der Waals surface area contributed by atoms with Gasteiger partial charge in [0.1, 0.15) is 0 Å². The number of ether oxygens (including phenoxy) is 1. The van der Waals surface area contributed by atoms with Gasteiger partial charge in [-0.05, 0) is 12.8 Å². The van der Waals surface area contributed by atoms with E-state index in [-0.39, 0.29) is 8.83 Å². The van der Waals surface area contributed by atoms with Crippen LogP contribution < -0.4 is 0 Å². The summed E-state index contributed by atoms with van der Waals surface area (Å²) in [7, 11) is 1.16. The van der Waals surface area contributed by atoms with Gasteiger partial charge in [-0.3, -0.25) is 0 Å². The Labute approximate surface area is 175 Å². The normalized spacial score (nSPS) is 11.6. The van der Waals surface area contributed by atoms with Gasteiger partial charge >= 0.3 is 5.97 Å². The van der Waals surface area contributed by atoms with E-state index in [0.717, 1.165) is 23.1 Å². The molecule has 0 aromatic carbocycles. The molecule has 2 nitrogen and oxygen atoms in total. The van der Waals surface area contributed by atoms with Crippen LogP contribution in [0, 0.1) is 0 Å². The van der Waals surface area contributed by atoms with Gasteiger partial charge in [-0.15, -0.1) is 0 Å². The quantitative estimate of drug-likeness (QED) is 0.0721. The zero-order chi connectivity index (χ0) is 18.8. The molecule has 5 heteroatoms. The zero-order valence-corrected chi connectivity index (χ0v) is 21.3. The lowest BCUT2D eigenvalue weighted by Gasteiger charge is -2.13. The molecule has 0 aliphatic carbocycles. The Kier molecular flexibility index (Phi) is 18.1. The summed E-state index contributed by atoms with van der Waals surface area (Å²) in [6.45, 7) is 3.92. The summed E-state index contributed by atoms with van der Waals surface area (Å²) in [5.74, 6) is -0.303. The first kappa shape index (κ1) is 25.4. The monoisotopic (exact) mass is 496 g/mol. The largest absolute Gasteiger partial charge is 0.463 e. The van der Waals surface area contributed by atoms with E-state index in [1.165, 1.54) is 89.5 Å². The number of carbonyl (C=O) groups excluding carboxylic acids is 1. The maximum absolute atomic E-state index is 10.9. The van der Waals surface area contributed by atoms with E-state index >= 15 is 0 Å². The fourth-order valence-corrected chi connectivity index (χ4v) is 3.80. The fraction of sp³-hybridized carbons (Fsp3) is 0.850. The predicted molar refractivity (Wildman–Crippen MR) is 121 cm³/mol. The molecule has 0 saturated heterocycles. The van der Waals surface area contributed by atoms with Gasteiger partial charge in [0.2, 0.25) is 0 Å². The van der Waals surface area contributed by atoms with Crippen LogP contribution in [-0.2, 0) is 9.53 Å². The average Bonchev–Trinajstić information content (AvgIpc) is 2.56. The van der Waals surface area contributed by atoms with Crippen molar-refractivity contribution in [3.8, 4) is 0 Å². The molecule has 0 N–H and O–H groups in total. The average molecular weight is 498 g/mol. The van der Waals surface area contributed by atoms with Crippen LogP contribution in [0.15, 0.2) is 12.7 Å². The van der Waals surface area contributed by atoms with E-state index in [1.807, 2.05) is 0 Å². The maximum Gasteiger partial charge on any atom is 0.330 e. The van der Waals surface area contributed by atoms with Gasteiger partial charge < -0.3 is 4.74 Å². The second kappa shape index (κ2) is 17.8. The van der Waals surface area contributed by atoms with Crippen LogP contribution in [0.3, 0.4) is 0 Å². The standard InChI is InChI=1S/C20H38Br2O2Si/c1-2-19(23)24-18-16-14-12-10-8-6-4-3-5-7-9-11-13-15-17-20(21,22)25/h2H,1,3-18H2,25H3. The number of alkyl halides is 2. The maximum atomic E-state index is 10.9. The van der Waals surface area contributed by atoms with Crippen molar-refractivity contribution in [2.24, 2.45) is 0 Å². The molecular formula is C20H38Br2O2Si. The van der Waals surface area contributed by atoms with Crippen molar-refractivity contribution in [1.82, 2.24) is 0 Å². The van der Waals surface area contributed by atoms with E-state index in [9.17, 15) is 4.79 Å². The van der Waals surface area contributed by atoms with Crippen LogP contribution >= 0.6 is 31.9 Å². The number of rotatable bonds is 18. The summed E-state index contributed by atoms with van der Waals surface area (Å²) in [4.78, 5) is 10.9. The van der Waals surface area contributed by atoms with Crippen molar-refractivity contribution in [1.29, 1.82) is 0 Å². The summed E-state index contributed by atoms with van der Waals surface area (Å²) in [6.07, 6.45) is 21.1. The third kappa shape index (κ3) is 22.3. The molecule has 25 heavy (non-hydrogen) atoms. The summed E-state index contributed by atoms with van der Waals surface area (Å²) >= 11 is 7.38. The number of halogens is 2. The predicted octanol–water partition coefficient (Wildman–Crippen LogP) is 6.38. The number of hydrogen-bond acceptors (Lipinski definition) is 2. The smallest absolute Gasteiger partial charge is 0.330 e. The molecule has 0 atom stereocenters. The van der Waals surface area contributed by atoms with Crippen molar-refractivity contribution in [2.45, 2.75) is 99.2 Å². The van der Waals surface area contributed by atoms with Gasteiger partial charge in [0.25, 0.3) is 0 Å². The van der Waals surface area contributed by atoms with Gasteiger partial charge in [-0.1, -0.05) is 122 Å². The molecule has 0 bridgehead atoms. The highest BCUT2D eigenvalue weighted by molar-refractivity contribution is 9.26. The molecule has 0 fully saturated rings. The first-order valence-corrected chi connectivity index (χ1v) is 12.7. The number of unbranched alkanes of at least 4 members (excludes halogenated alkanes) is 13. The first-order chi connectivity index (χ1) is 12.0. The first-order valence-electron chi connectivity index (χ1n) is 10.1. The van der Waals surface area contributed by atoms with Gasteiger partial charge in [0.15, 0.2) is 0 Å². The SMILES string of the molecule is C=CC(=O)OCCCCCCCCCCCCCCCCC([SiH3])(Br)Br. The Morgan fingerprint density at radius 3 is 1.52 bits per heavy atom. The van der Waals surface area contributed by atoms with E-state index in [1.54, 1.807) is 0 Å². The van der Waals surface area contributed by atoms with Gasteiger partial charge in [-0.2, -0.15) is 0 Å². The molecule has 148 valence electrons. The summed E-state index contributed by atoms with van der Waals surface area (Å²) in [5, 5.41) is 0. The highest BCUT2D eigenvalue weighted by Crippen LogP contribution is 2.28. The Balaban J connectivity index is 3.07. The Morgan fingerprint density at radius 1 is 0.800 bits per heavy atom. The lowest BCUT2D eigenvalue weighted by atomic mass is 10.0. The molecule has 0 aliphatic rings. The second-order valence-corrected chi connectivity index (χ2v) is 16.3. The van der Waals surface area contributed by atoms with Crippen LogP contribution in [-0.4, -0.2) is 25.7 Å². The molecule has 0 saturated carbocycles. The minimum absolute atomic E-state index is 0.276. The molecule has 0 aromatic rings. The Hall–Kier alpha value is 0.387. The number of carbonyl (C=O) groups is 1. The molecule has 0 amide bonds. The highest BCUT2D eigenvalue weighted by Gasteiger charge is 2.13. The second-order valence-electron chi connectivity index (χ2n) is 7.14. The van der Waals surface area contributed by atoms with Crippen LogP contribution in [0.2, 0.25) is 0 Å². The molecule has 0 unspecified atom stereocenters. The lowest BCUT2D eigenvalue weighted by molar-refractivity contribution is -0.137. The molecular weight excluding hydrogens is 460 g/mol. The van der Waals surface area contributed by atoms with Crippen LogP contribution in [0.5, 0.6) is 0 Å². The van der Waals surface area contributed by atoms with Crippen molar-refractivity contribution in [2.75, 3.05) is 6.61 Å². The Bertz CT molecular complexity index is 330. The van der Waals surface area contributed by atoms with E-state index in [0.29, 0.717) is 6.61 Å². The summed E-state index contributed by atoms with van der Waals surface area (Å²) in [5.41, 5.74) is 0. The van der Waals surface area contributed by atoms with Gasteiger partial charge in [0.05, 0.1) is 9.46 Å². The van der Waals surface area contributed by atoms with Crippen molar-refractivity contribution >= 4 is 48.1 Å². The highest BCUT2D eigenvalue weighted by atomic mass is 79.9. The number of hydrogen-bond donors (Lipinski definition) is 0. The van der Waals surface area contributed by atoms with Crippen LogP contribution in [0.1, 0.15) is 96.3 Å². The Morgan fingerprint density at radius 2 is 1.16 bits per heavy atom. The van der Waals surface area contributed by atoms with Gasteiger partial charge in [0, 0.05) is 16.3 Å². The molecule has 0 radical (unpaired) electrons. The lowest BCUT2D eigenvalue weighted by Crippen LogP contribution is -2.09. The van der Waals surface area contributed by atoms with Crippen molar-refractivity contribution in [3.05, 3.63) is 12.7 Å². The molecule has 0 spiro atoms. The molecule has 0 rings (SSSR count). The topological polar surface area (TPSA) is 26.3 Å². The minimum atomic E-state index is -0.303. The van der Waals surface area contributed by atoms with E-state index in [2.05, 4.69) is 38.4 Å². The van der Waals surface area contributed by atoms with E-state index < -0.39 is 0 Å². The summed E-state index contributed by atoms with van der Waals surface area (Å²) < 4.78 is 5.24. The number of esters is 1. The third-order valence-electron chi connectivity index (χ3n) is 4.42. The minimum Gasteiger partial charge on any atom is -0.463 e. The van der Waals surface area contributed by atoms with Gasteiger partial charge in [-0.25, -0.2) is 4.79 Å². The fourth-order valence-electron chi connectivity index (χ4n) is 2.89.